The van der Waals surface area contributed by atoms with Crippen LogP contribution in [0.25, 0.3) is 6.08 Å². The first-order valence-electron chi connectivity index (χ1n) is 7.39. The number of amides is 1. The van der Waals surface area contributed by atoms with Crippen molar-refractivity contribution in [1.82, 2.24) is 4.90 Å². The fourth-order valence-corrected chi connectivity index (χ4v) is 3.49. The fourth-order valence-electron chi connectivity index (χ4n) is 2.72. The molecule has 4 nitrogen and oxygen atoms in total. The Morgan fingerprint density at radius 3 is 2.76 bits per heavy atom. The number of hydrogen-bond acceptors (Lipinski definition) is 3. The first kappa shape index (κ1) is 15.8. The van der Waals surface area contributed by atoms with Crippen LogP contribution in [0, 0.1) is 5.92 Å². The molecule has 0 aliphatic carbocycles. The van der Waals surface area contributed by atoms with Gasteiger partial charge in [0.2, 0.25) is 0 Å². The second kappa shape index (κ2) is 7.41. The molecule has 2 heterocycles. The molecular weight excluding hydrogens is 286 g/mol. The second-order valence-corrected chi connectivity index (χ2v) is 6.38. The van der Waals surface area contributed by atoms with E-state index < -0.39 is 5.97 Å². The topological polar surface area (TPSA) is 57.6 Å². The Kier molecular flexibility index (Phi) is 5.56. The SMILES string of the molecule is CCCC1CCN(C(=O)c2csc(C=CC(=O)O)c2)CC1. The quantitative estimate of drug-likeness (QED) is 0.847. The van der Waals surface area contributed by atoms with Gasteiger partial charge in [0.15, 0.2) is 0 Å². The predicted octanol–water partition coefficient (Wildman–Crippen LogP) is 3.50. The summed E-state index contributed by atoms with van der Waals surface area (Å²) >= 11 is 1.39. The lowest BCUT2D eigenvalue weighted by molar-refractivity contribution is -0.131. The number of thiophene rings is 1. The third-order valence-electron chi connectivity index (χ3n) is 3.86. The van der Waals surface area contributed by atoms with Gasteiger partial charge in [-0.2, -0.15) is 0 Å². The van der Waals surface area contributed by atoms with Crippen LogP contribution in [-0.2, 0) is 4.79 Å². The minimum Gasteiger partial charge on any atom is -0.478 e. The molecule has 114 valence electrons. The van der Waals surface area contributed by atoms with Crippen molar-refractivity contribution in [2.75, 3.05) is 13.1 Å². The number of hydrogen-bond donors (Lipinski definition) is 1. The van der Waals surface area contributed by atoms with E-state index in [4.69, 9.17) is 5.11 Å². The van der Waals surface area contributed by atoms with Gasteiger partial charge in [-0.1, -0.05) is 19.8 Å². The summed E-state index contributed by atoms with van der Waals surface area (Å²) in [6.07, 6.45) is 7.27. The highest BCUT2D eigenvalue weighted by Gasteiger charge is 2.23. The summed E-state index contributed by atoms with van der Waals surface area (Å²) in [5.74, 6) is -0.152. The Morgan fingerprint density at radius 1 is 1.43 bits per heavy atom. The number of carboxylic acids is 1. The van der Waals surface area contributed by atoms with Crippen LogP contribution in [0.15, 0.2) is 17.5 Å². The lowest BCUT2D eigenvalue weighted by Crippen LogP contribution is -2.38. The van der Waals surface area contributed by atoms with Crippen molar-refractivity contribution in [1.29, 1.82) is 0 Å². The van der Waals surface area contributed by atoms with Crippen LogP contribution in [0.4, 0.5) is 0 Å². The Bertz CT molecular complexity index is 527. The molecule has 2 rings (SSSR count). The normalized spacial score (nSPS) is 16.5. The average Bonchev–Trinajstić information content (AvgIpc) is 2.94. The zero-order valence-electron chi connectivity index (χ0n) is 12.2. The minimum atomic E-state index is -0.978. The maximum atomic E-state index is 12.4. The number of carbonyl (C=O) groups is 2. The van der Waals surface area contributed by atoms with Gasteiger partial charge in [0.05, 0.1) is 5.56 Å². The summed E-state index contributed by atoms with van der Waals surface area (Å²) < 4.78 is 0. The van der Waals surface area contributed by atoms with E-state index in [1.165, 1.54) is 30.3 Å². The molecule has 0 bridgehead atoms. The Balaban J connectivity index is 1.93. The fraction of sp³-hybridized carbons (Fsp3) is 0.500. The maximum absolute atomic E-state index is 12.4. The van der Waals surface area contributed by atoms with E-state index in [0.29, 0.717) is 5.56 Å². The molecule has 5 heteroatoms. The van der Waals surface area contributed by atoms with Gasteiger partial charge in [-0.25, -0.2) is 4.79 Å². The highest BCUT2D eigenvalue weighted by Crippen LogP contribution is 2.24. The van der Waals surface area contributed by atoms with Crippen LogP contribution in [0.5, 0.6) is 0 Å². The number of aliphatic carboxylic acids is 1. The summed E-state index contributed by atoms with van der Waals surface area (Å²) in [5.41, 5.74) is 0.666. The Hall–Kier alpha value is -1.62. The van der Waals surface area contributed by atoms with E-state index in [9.17, 15) is 9.59 Å². The molecule has 1 amide bonds. The molecule has 0 saturated carbocycles. The van der Waals surface area contributed by atoms with Gasteiger partial charge in [0.1, 0.15) is 0 Å². The van der Waals surface area contributed by atoms with Crippen LogP contribution in [-0.4, -0.2) is 35.0 Å². The molecule has 0 aromatic carbocycles. The predicted molar refractivity (Wildman–Crippen MR) is 84.5 cm³/mol. The van der Waals surface area contributed by atoms with E-state index >= 15 is 0 Å². The standard InChI is InChI=1S/C16H21NO3S/c1-2-3-12-6-8-17(9-7-12)16(20)13-10-14(21-11-13)4-5-15(18)19/h4-5,10-12H,2-3,6-9H2,1H3,(H,18,19). The van der Waals surface area contributed by atoms with Crippen molar-refractivity contribution in [3.63, 3.8) is 0 Å². The van der Waals surface area contributed by atoms with E-state index in [2.05, 4.69) is 6.92 Å². The lowest BCUT2D eigenvalue weighted by Gasteiger charge is -2.31. The smallest absolute Gasteiger partial charge is 0.328 e. The highest BCUT2D eigenvalue weighted by molar-refractivity contribution is 7.11. The minimum absolute atomic E-state index is 0.0659. The number of carbonyl (C=O) groups excluding carboxylic acids is 1. The van der Waals surface area contributed by atoms with Crippen molar-refractivity contribution in [3.05, 3.63) is 28.0 Å². The molecule has 0 spiro atoms. The monoisotopic (exact) mass is 307 g/mol. The third-order valence-corrected chi connectivity index (χ3v) is 4.75. The van der Waals surface area contributed by atoms with Gasteiger partial charge in [0, 0.05) is 29.4 Å². The van der Waals surface area contributed by atoms with Crippen LogP contribution in [0.1, 0.15) is 47.8 Å². The van der Waals surface area contributed by atoms with Crippen LogP contribution < -0.4 is 0 Å². The zero-order valence-corrected chi connectivity index (χ0v) is 13.1. The van der Waals surface area contributed by atoms with Gasteiger partial charge in [-0.15, -0.1) is 11.3 Å². The van der Waals surface area contributed by atoms with E-state index in [1.54, 1.807) is 6.07 Å². The van der Waals surface area contributed by atoms with Crippen LogP contribution in [0.2, 0.25) is 0 Å². The number of piperidine rings is 1. The molecule has 1 saturated heterocycles. The Labute approximate surface area is 129 Å². The van der Waals surface area contributed by atoms with Gasteiger partial charge in [0.25, 0.3) is 5.91 Å². The molecular formula is C16H21NO3S. The van der Waals surface area contributed by atoms with Gasteiger partial charge in [-0.05, 0) is 30.9 Å². The number of carboxylic acid groups (broad SMARTS) is 1. The Morgan fingerprint density at radius 2 is 2.14 bits per heavy atom. The van der Waals surface area contributed by atoms with Crippen molar-refractivity contribution in [3.8, 4) is 0 Å². The largest absolute Gasteiger partial charge is 0.478 e. The molecule has 0 unspecified atom stereocenters. The molecule has 0 atom stereocenters. The molecule has 21 heavy (non-hydrogen) atoms. The van der Waals surface area contributed by atoms with Crippen LogP contribution in [0.3, 0.4) is 0 Å². The number of rotatable bonds is 5. The van der Waals surface area contributed by atoms with Crippen molar-refractivity contribution < 1.29 is 14.7 Å². The summed E-state index contributed by atoms with van der Waals surface area (Å²) in [5, 5.41) is 10.4. The summed E-state index contributed by atoms with van der Waals surface area (Å²) in [6, 6.07) is 1.77. The zero-order chi connectivity index (χ0) is 15.2. The van der Waals surface area contributed by atoms with Crippen molar-refractivity contribution >= 4 is 29.3 Å². The van der Waals surface area contributed by atoms with Crippen molar-refractivity contribution in [2.24, 2.45) is 5.92 Å². The highest BCUT2D eigenvalue weighted by atomic mass is 32.1. The summed E-state index contributed by atoms with van der Waals surface area (Å²) in [6.45, 7) is 3.87. The molecule has 1 aromatic rings. The first-order valence-corrected chi connectivity index (χ1v) is 8.27. The third kappa shape index (κ3) is 4.43. The molecule has 0 radical (unpaired) electrons. The maximum Gasteiger partial charge on any atom is 0.328 e. The van der Waals surface area contributed by atoms with Gasteiger partial charge >= 0.3 is 5.97 Å². The number of likely N-dealkylation sites (tertiary alicyclic amines) is 1. The average molecular weight is 307 g/mol. The van der Waals surface area contributed by atoms with Gasteiger partial charge < -0.3 is 10.0 Å². The summed E-state index contributed by atoms with van der Waals surface area (Å²) in [7, 11) is 0. The van der Waals surface area contributed by atoms with E-state index in [-0.39, 0.29) is 5.91 Å². The van der Waals surface area contributed by atoms with Crippen LogP contribution >= 0.6 is 11.3 Å². The summed E-state index contributed by atoms with van der Waals surface area (Å²) in [4.78, 5) is 25.6. The van der Waals surface area contributed by atoms with Crippen molar-refractivity contribution in [2.45, 2.75) is 32.6 Å². The molecule has 1 N–H and O–H groups in total. The number of nitrogens with zero attached hydrogens (tertiary/aromatic N) is 1. The lowest BCUT2D eigenvalue weighted by atomic mass is 9.92. The van der Waals surface area contributed by atoms with Gasteiger partial charge in [-0.3, -0.25) is 4.79 Å². The molecule has 1 aliphatic heterocycles. The van der Waals surface area contributed by atoms with E-state index in [1.807, 2.05) is 10.3 Å². The van der Waals surface area contributed by atoms with E-state index in [0.717, 1.165) is 42.8 Å². The molecule has 1 fully saturated rings. The molecule has 1 aliphatic rings. The molecule has 1 aromatic heterocycles. The first-order chi connectivity index (χ1) is 10.1. The second-order valence-electron chi connectivity index (χ2n) is 5.43.